The number of nitro groups is 1. The standard InChI is InChI=1S/C12H13NO3S/c1-9(14)11-6-5-10(4-2-3-7-17)12(8-11)13(15)16/h2,4-6,8,17H,3,7H2,1H3. The van der Waals surface area contributed by atoms with Crippen LogP contribution in [0, 0.1) is 10.1 Å². The Morgan fingerprint density at radius 2 is 2.24 bits per heavy atom. The van der Waals surface area contributed by atoms with Crippen molar-refractivity contribution in [3.05, 3.63) is 45.5 Å². The first kappa shape index (κ1) is 13.4. The fourth-order valence-electron chi connectivity index (χ4n) is 1.35. The second-order valence-corrected chi connectivity index (χ2v) is 3.95. The zero-order chi connectivity index (χ0) is 12.8. The molecule has 0 aliphatic rings. The molecule has 0 saturated carbocycles. The molecule has 0 spiro atoms. The van der Waals surface area contributed by atoms with Crippen molar-refractivity contribution in [3.63, 3.8) is 0 Å². The van der Waals surface area contributed by atoms with Crippen molar-refractivity contribution in [2.45, 2.75) is 13.3 Å². The number of hydrogen-bond acceptors (Lipinski definition) is 4. The van der Waals surface area contributed by atoms with Gasteiger partial charge in [-0.1, -0.05) is 18.2 Å². The van der Waals surface area contributed by atoms with Crippen LogP contribution in [0.5, 0.6) is 0 Å². The topological polar surface area (TPSA) is 60.2 Å². The highest BCUT2D eigenvalue weighted by molar-refractivity contribution is 7.80. The van der Waals surface area contributed by atoms with Crippen LogP contribution in [0.1, 0.15) is 29.3 Å². The molecule has 0 heterocycles. The minimum absolute atomic E-state index is 0.0480. The number of carbonyl (C=O) groups excluding carboxylic acids is 1. The zero-order valence-corrected chi connectivity index (χ0v) is 10.3. The number of nitro benzene ring substituents is 1. The third-order valence-corrected chi connectivity index (χ3v) is 2.49. The molecule has 0 N–H and O–H groups in total. The summed E-state index contributed by atoms with van der Waals surface area (Å²) in [4.78, 5) is 21.5. The largest absolute Gasteiger partial charge is 0.295 e. The molecule has 0 atom stereocenters. The van der Waals surface area contributed by atoms with Crippen LogP contribution in [-0.2, 0) is 0 Å². The van der Waals surface area contributed by atoms with E-state index < -0.39 is 4.92 Å². The SMILES string of the molecule is CC(=O)c1ccc(C=CCCS)c([N+](=O)[O-])c1. The van der Waals surface area contributed by atoms with E-state index in [0.717, 1.165) is 6.42 Å². The molecule has 90 valence electrons. The smallest absolute Gasteiger partial charge is 0.277 e. The normalized spacial score (nSPS) is 10.7. The Kier molecular flexibility index (Phi) is 4.90. The van der Waals surface area contributed by atoms with Gasteiger partial charge in [0.2, 0.25) is 0 Å². The van der Waals surface area contributed by atoms with E-state index in [1.165, 1.54) is 13.0 Å². The molecular weight excluding hydrogens is 238 g/mol. The van der Waals surface area contributed by atoms with Gasteiger partial charge >= 0.3 is 0 Å². The highest BCUT2D eigenvalue weighted by atomic mass is 32.1. The van der Waals surface area contributed by atoms with E-state index >= 15 is 0 Å². The summed E-state index contributed by atoms with van der Waals surface area (Å²) in [5.74, 6) is 0.509. The van der Waals surface area contributed by atoms with Crippen molar-refractivity contribution in [1.82, 2.24) is 0 Å². The van der Waals surface area contributed by atoms with E-state index in [4.69, 9.17) is 0 Å². The van der Waals surface area contributed by atoms with E-state index in [0.29, 0.717) is 16.9 Å². The Hall–Kier alpha value is -1.62. The number of hydrogen-bond donors (Lipinski definition) is 1. The Morgan fingerprint density at radius 1 is 1.53 bits per heavy atom. The van der Waals surface area contributed by atoms with E-state index in [9.17, 15) is 14.9 Å². The first-order chi connectivity index (χ1) is 8.06. The quantitative estimate of drug-likeness (QED) is 0.378. The molecule has 1 rings (SSSR count). The molecule has 0 amide bonds. The maximum absolute atomic E-state index is 11.1. The third kappa shape index (κ3) is 3.71. The lowest BCUT2D eigenvalue weighted by Crippen LogP contribution is -1.97. The highest BCUT2D eigenvalue weighted by Crippen LogP contribution is 2.22. The van der Waals surface area contributed by atoms with Crippen molar-refractivity contribution in [1.29, 1.82) is 0 Å². The first-order valence-corrected chi connectivity index (χ1v) is 5.76. The van der Waals surface area contributed by atoms with Crippen LogP contribution in [-0.4, -0.2) is 16.5 Å². The van der Waals surface area contributed by atoms with E-state index in [2.05, 4.69) is 12.6 Å². The molecule has 1 aromatic carbocycles. The molecule has 17 heavy (non-hydrogen) atoms. The number of benzene rings is 1. The van der Waals surface area contributed by atoms with E-state index in [-0.39, 0.29) is 11.5 Å². The second-order valence-electron chi connectivity index (χ2n) is 3.50. The number of Topliss-reactive ketones (excluding diaryl/α,β-unsaturated/α-hetero) is 1. The summed E-state index contributed by atoms with van der Waals surface area (Å²) in [6.07, 6.45) is 4.25. The third-order valence-electron chi connectivity index (χ3n) is 2.23. The summed E-state index contributed by atoms with van der Waals surface area (Å²) in [5.41, 5.74) is 0.804. The molecule has 0 aliphatic heterocycles. The molecule has 0 bridgehead atoms. The van der Waals surface area contributed by atoms with Crippen LogP contribution in [0.25, 0.3) is 6.08 Å². The second kappa shape index (κ2) is 6.20. The van der Waals surface area contributed by atoms with Crippen molar-refractivity contribution >= 4 is 30.2 Å². The van der Waals surface area contributed by atoms with Gasteiger partial charge in [0.15, 0.2) is 5.78 Å². The monoisotopic (exact) mass is 251 g/mol. The molecule has 0 aliphatic carbocycles. The Morgan fingerprint density at radius 3 is 2.76 bits per heavy atom. The van der Waals surface area contributed by atoms with Crippen LogP contribution in [0.15, 0.2) is 24.3 Å². The minimum Gasteiger partial charge on any atom is -0.295 e. The number of rotatable bonds is 5. The summed E-state index contributed by atoms with van der Waals surface area (Å²) in [5, 5.41) is 10.9. The van der Waals surface area contributed by atoms with Crippen LogP contribution < -0.4 is 0 Å². The van der Waals surface area contributed by atoms with E-state index in [1.54, 1.807) is 18.2 Å². The predicted molar refractivity (Wildman–Crippen MR) is 70.6 cm³/mol. The van der Waals surface area contributed by atoms with Crippen LogP contribution in [0.4, 0.5) is 5.69 Å². The van der Waals surface area contributed by atoms with Gasteiger partial charge in [0.25, 0.3) is 5.69 Å². The van der Waals surface area contributed by atoms with Gasteiger partial charge in [-0.25, -0.2) is 0 Å². The fraction of sp³-hybridized carbons (Fsp3) is 0.250. The lowest BCUT2D eigenvalue weighted by molar-refractivity contribution is -0.385. The Bertz CT molecular complexity index is 469. The van der Waals surface area contributed by atoms with Crippen molar-refractivity contribution in [2.75, 3.05) is 5.75 Å². The Labute approximate surface area is 105 Å². The molecule has 0 saturated heterocycles. The molecule has 0 radical (unpaired) electrons. The maximum Gasteiger partial charge on any atom is 0.277 e. The molecule has 1 aromatic rings. The lowest BCUT2D eigenvalue weighted by atomic mass is 10.1. The van der Waals surface area contributed by atoms with Crippen molar-refractivity contribution < 1.29 is 9.72 Å². The van der Waals surface area contributed by atoms with Gasteiger partial charge in [-0.2, -0.15) is 12.6 Å². The summed E-state index contributed by atoms with van der Waals surface area (Å²) in [6.45, 7) is 1.38. The average Bonchev–Trinajstić information content (AvgIpc) is 2.29. The van der Waals surface area contributed by atoms with Gasteiger partial charge in [0.1, 0.15) is 0 Å². The molecule has 0 aromatic heterocycles. The van der Waals surface area contributed by atoms with Crippen molar-refractivity contribution in [2.24, 2.45) is 0 Å². The number of ketones is 1. The molecule has 0 fully saturated rings. The van der Waals surface area contributed by atoms with Gasteiger partial charge in [0, 0.05) is 11.6 Å². The number of nitrogens with zero attached hydrogens (tertiary/aromatic N) is 1. The predicted octanol–water partition coefficient (Wildman–Crippen LogP) is 3.13. The maximum atomic E-state index is 11.1. The van der Waals surface area contributed by atoms with Gasteiger partial charge < -0.3 is 0 Å². The molecule has 5 heteroatoms. The van der Waals surface area contributed by atoms with Crippen LogP contribution in [0.3, 0.4) is 0 Å². The van der Waals surface area contributed by atoms with Gasteiger partial charge in [-0.3, -0.25) is 14.9 Å². The number of carbonyl (C=O) groups is 1. The summed E-state index contributed by atoms with van der Waals surface area (Å²) in [6, 6.07) is 4.49. The van der Waals surface area contributed by atoms with Gasteiger partial charge in [-0.15, -0.1) is 0 Å². The number of thiol groups is 1. The fourth-order valence-corrected chi connectivity index (χ4v) is 1.50. The molecule has 0 unspecified atom stereocenters. The number of allylic oxidation sites excluding steroid dienone is 1. The van der Waals surface area contributed by atoms with Crippen molar-refractivity contribution in [3.8, 4) is 0 Å². The highest BCUT2D eigenvalue weighted by Gasteiger charge is 2.13. The van der Waals surface area contributed by atoms with Gasteiger partial charge in [-0.05, 0) is 25.2 Å². The molecule has 4 nitrogen and oxygen atoms in total. The lowest BCUT2D eigenvalue weighted by Gasteiger charge is -2.00. The van der Waals surface area contributed by atoms with Crippen LogP contribution >= 0.6 is 12.6 Å². The molecular formula is C12H13NO3S. The zero-order valence-electron chi connectivity index (χ0n) is 9.42. The summed E-state index contributed by atoms with van der Waals surface area (Å²) < 4.78 is 0. The minimum atomic E-state index is -0.479. The van der Waals surface area contributed by atoms with E-state index in [1.807, 2.05) is 6.08 Å². The summed E-state index contributed by atoms with van der Waals surface area (Å²) >= 11 is 4.05. The van der Waals surface area contributed by atoms with Crippen LogP contribution in [0.2, 0.25) is 0 Å². The first-order valence-electron chi connectivity index (χ1n) is 5.13. The Balaban J connectivity index is 3.13. The van der Waals surface area contributed by atoms with Gasteiger partial charge in [0.05, 0.1) is 10.5 Å². The average molecular weight is 251 g/mol. The summed E-state index contributed by atoms with van der Waals surface area (Å²) in [7, 11) is 0.